The van der Waals surface area contributed by atoms with E-state index < -0.39 is 29.8 Å². The molecule has 0 saturated carbocycles. The molecule has 6 nitrogen and oxygen atoms in total. The van der Waals surface area contributed by atoms with Gasteiger partial charge in [0.25, 0.3) is 18.2 Å². The number of hydroxylamine groups is 1. The number of nitrogens with one attached hydrogen (secondary N) is 2. The van der Waals surface area contributed by atoms with E-state index in [1.807, 2.05) is 6.92 Å². The van der Waals surface area contributed by atoms with Crippen molar-refractivity contribution in [2.75, 3.05) is 0 Å². The summed E-state index contributed by atoms with van der Waals surface area (Å²) in [5.74, 6) is 8.64. The summed E-state index contributed by atoms with van der Waals surface area (Å²) in [6, 6.07) is 4.03. The van der Waals surface area contributed by atoms with Crippen molar-refractivity contribution in [3.63, 3.8) is 0 Å². The van der Waals surface area contributed by atoms with Crippen molar-refractivity contribution >= 4 is 11.8 Å². The third-order valence-corrected chi connectivity index (χ3v) is 3.48. The molecule has 1 rings (SSSR count). The van der Waals surface area contributed by atoms with E-state index >= 15 is 0 Å². The summed E-state index contributed by atoms with van der Waals surface area (Å²) in [5.41, 5.74) is 4.97. The summed E-state index contributed by atoms with van der Waals surface area (Å²) in [4.78, 5) is 23.9. The molecule has 1 aromatic carbocycles. The smallest absolute Gasteiger partial charge is 0.268 e. The van der Waals surface area contributed by atoms with Gasteiger partial charge in [0.2, 0.25) is 0 Å². The second-order valence-corrected chi connectivity index (χ2v) is 5.65. The van der Waals surface area contributed by atoms with Crippen LogP contribution in [-0.4, -0.2) is 35.0 Å². The Morgan fingerprint density at radius 1 is 1.26 bits per heavy atom. The Kier molecular flexibility index (Phi) is 8.15. The van der Waals surface area contributed by atoms with Crippen LogP contribution < -0.4 is 16.5 Å². The number of benzene rings is 1. The van der Waals surface area contributed by atoms with Gasteiger partial charge in [0, 0.05) is 11.1 Å². The van der Waals surface area contributed by atoms with Crippen LogP contribution in [0.25, 0.3) is 0 Å². The third-order valence-electron chi connectivity index (χ3n) is 3.48. The summed E-state index contributed by atoms with van der Waals surface area (Å²) in [6.45, 7) is 2.72. The van der Waals surface area contributed by atoms with Crippen molar-refractivity contribution in [1.29, 1.82) is 0 Å². The Labute approximate surface area is 155 Å². The Morgan fingerprint density at radius 3 is 2.41 bits per heavy atom. The summed E-state index contributed by atoms with van der Waals surface area (Å²) in [7, 11) is 0. The third kappa shape index (κ3) is 6.23. The average Bonchev–Trinajstić information content (AvgIpc) is 2.65. The highest BCUT2D eigenvalue weighted by Crippen LogP contribution is 2.18. The maximum Gasteiger partial charge on any atom is 0.268 e. The summed E-state index contributed by atoms with van der Waals surface area (Å²) in [5, 5.41) is 10.8. The first-order chi connectivity index (χ1) is 12.7. The number of amides is 2. The van der Waals surface area contributed by atoms with E-state index in [-0.39, 0.29) is 5.56 Å². The first-order valence-corrected chi connectivity index (χ1v) is 7.78. The molecule has 0 spiro atoms. The fraction of sp³-hybridized carbons (Fsp3) is 0.263. The van der Waals surface area contributed by atoms with Crippen LogP contribution in [0, 0.1) is 23.7 Å². The van der Waals surface area contributed by atoms with Crippen LogP contribution in [0.2, 0.25) is 0 Å². The molecule has 5 N–H and O–H groups in total. The molecule has 0 aliphatic heterocycles. The second-order valence-electron chi connectivity index (χ2n) is 5.65. The molecule has 0 bridgehead atoms. The lowest BCUT2D eigenvalue weighted by Gasteiger charge is -2.32. The lowest BCUT2D eigenvalue weighted by molar-refractivity contribution is -0.134. The topological polar surface area (TPSA) is 104 Å². The van der Waals surface area contributed by atoms with E-state index in [1.165, 1.54) is 29.7 Å². The van der Waals surface area contributed by atoms with E-state index in [0.29, 0.717) is 5.56 Å². The van der Waals surface area contributed by atoms with Gasteiger partial charge in [-0.1, -0.05) is 17.9 Å². The molecule has 8 heteroatoms. The monoisotopic (exact) mass is 375 g/mol. The number of rotatable bonds is 5. The van der Waals surface area contributed by atoms with Crippen molar-refractivity contribution < 1.29 is 23.6 Å². The van der Waals surface area contributed by atoms with E-state index in [4.69, 9.17) is 10.9 Å². The van der Waals surface area contributed by atoms with Crippen molar-refractivity contribution in [3.05, 3.63) is 47.5 Å². The predicted octanol–water partition coefficient (Wildman–Crippen LogP) is 1.20. The molecule has 142 valence electrons. The maximum atomic E-state index is 13.1. The Hall–Kier alpha value is -3.20. The predicted molar refractivity (Wildman–Crippen MR) is 95.7 cm³/mol. The lowest BCUT2D eigenvalue weighted by atomic mass is 9.92. The first-order valence-electron chi connectivity index (χ1n) is 7.78. The number of allylic oxidation sites excluding steroid dienone is 2. The average molecular weight is 375 g/mol. The minimum atomic E-state index is -3.12. The number of hydrogen-bond acceptors (Lipinski definition) is 4. The van der Waals surface area contributed by atoms with Crippen LogP contribution in [0.1, 0.15) is 29.8 Å². The van der Waals surface area contributed by atoms with Crippen LogP contribution in [0.3, 0.4) is 0 Å². The second kappa shape index (κ2) is 10.1. The van der Waals surface area contributed by atoms with Gasteiger partial charge in [-0.25, -0.2) is 14.3 Å². The molecule has 2 amide bonds. The summed E-state index contributed by atoms with van der Waals surface area (Å²) >= 11 is 0. The molecule has 0 aliphatic carbocycles. The molecule has 27 heavy (non-hydrogen) atoms. The maximum absolute atomic E-state index is 13.1. The van der Waals surface area contributed by atoms with Gasteiger partial charge in [0.15, 0.2) is 0 Å². The number of hydrogen-bond donors (Lipinski definition) is 4. The number of halogens is 2. The Balaban J connectivity index is 2.95. The highest BCUT2D eigenvalue weighted by molar-refractivity contribution is 5.98. The molecular weight excluding hydrogens is 356 g/mol. The Morgan fingerprint density at radius 2 is 1.89 bits per heavy atom. The van der Waals surface area contributed by atoms with Gasteiger partial charge >= 0.3 is 0 Å². The quantitative estimate of drug-likeness (QED) is 0.353. The zero-order chi connectivity index (χ0) is 20.4. The van der Waals surface area contributed by atoms with Gasteiger partial charge in [-0.15, -0.1) is 0 Å². The van der Waals surface area contributed by atoms with E-state index in [0.717, 1.165) is 6.92 Å². The highest BCUT2D eigenvalue weighted by atomic mass is 19.3. The zero-order valence-electron chi connectivity index (χ0n) is 14.7. The van der Waals surface area contributed by atoms with Crippen molar-refractivity contribution in [2.45, 2.75) is 31.9 Å². The Bertz CT molecular complexity index is 826. The molecule has 0 aromatic heterocycles. The fourth-order valence-corrected chi connectivity index (χ4v) is 1.88. The number of carbonyl (C=O) groups excluding carboxylic acids is 2. The van der Waals surface area contributed by atoms with Crippen LogP contribution >= 0.6 is 0 Å². The van der Waals surface area contributed by atoms with Gasteiger partial charge in [-0.3, -0.25) is 14.8 Å². The number of nitrogens with two attached hydrogens (primary N) is 1. The van der Waals surface area contributed by atoms with Gasteiger partial charge in [-0.05, 0) is 56.0 Å². The largest absolute Gasteiger partial charge is 0.338 e. The van der Waals surface area contributed by atoms with Crippen molar-refractivity contribution in [2.24, 2.45) is 5.73 Å². The van der Waals surface area contributed by atoms with Crippen molar-refractivity contribution in [3.8, 4) is 23.7 Å². The van der Waals surface area contributed by atoms with Crippen LogP contribution in [-0.2, 0) is 4.79 Å². The lowest BCUT2D eigenvalue weighted by Crippen LogP contribution is -2.66. The minimum Gasteiger partial charge on any atom is -0.338 e. The first kappa shape index (κ1) is 21.8. The molecule has 2 atom stereocenters. The molecule has 1 aromatic rings. The highest BCUT2D eigenvalue weighted by Gasteiger charge is 2.44. The molecule has 0 saturated heterocycles. The standard InChI is InChI=1S/C19H19F2N3O3/c1-3-4-5-6-7-8-13-9-11-14(12-10-13)16(25)23-15(17(26)24-27)19(2,22)18(20)21/h3-4,9-12,15,18,27H,22H2,1-2H3,(H,23,25)(H,24,26)/b4-3+/t15-,19?/m1/s1. The van der Waals surface area contributed by atoms with Gasteiger partial charge in [-0.2, -0.15) is 0 Å². The number of alkyl halides is 2. The SMILES string of the molecule is C/C=C/C#CC#Cc1ccc(C(=O)N[C@H](C(=O)NO)C(C)(N)C(F)F)cc1. The van der Waals surface area contributed by atoms with Crippen molar-refractivity contribution in [1.82, 2.24) is 10.8 Å². The fourth-order valence-electron chi connectivity index (χ4n) is 1.88. The molecule has 0 radical (unpaired) electrons. The van der Waals surface area contributed by atoms with E-state index in [2.05, 4.69) is 29.0 Å². The number of carbonyl (C=O) groups is 2. The normalized spacial score (nSPS) is 13.6. The van der Waals surface area contributed by atoms with Crippen LogP contribution in [0.5, 0.6) is 0 Å². The van der Waals surface area contributed by atoms with E-state index in [1.54, 1.807) is 12.2 Å². The van der Waals surface area contributed by atoms with Crippen LogP contribution in [0.15, 0.2) is 36.4 Å². The van der Waals surface area contributed by atoms with Gasteiger partial charge < -0.3 is 11.1 Å². The molecule has 0 aliphatic rings. The molecule has 1 unspecified atom stereocenters. The molecular formula is C19H19F2N3O3. The summed E-state index contributed by atoms with van der Waals surface area (Å²) < 4.78 is 26.2. The van der Waals surface area contributed by atoms with Gasteiger partial charge in [0.05, 0.1) is 0 Å². The van der Waals surface area contributed by atoms with E-state index in [9.17, 15) is 18.4 Å². The minimum absolute atomic E-state index is 0.0985. The van der Waals surface area contributed by atoms with Gasteiger partial charge in [0.1, 0.15) is 11.6 Å². The molecule has 0 heterocycles. The summed E-state index contributed by atoms with van der Waals surface area (Å²) in [6.07, 6.45) is 0.291. The van der Waals surface area contributed by atoms with Crippen LogP contribution in [0.4, 0.5) is 8.78 Å². The zero-order valence-corrected chi connectivity index (χ0v) is 14.7. The molecule has 0 fully saturated rings.